The molecule has 1 atom stereocenters. The molecule has 2 N–H and O–H groups in total. The van der Waals surface area contributed by atoms with Crippen LogP contribution >= 0.6 is 11.6 Å². The summed E-state index contributed by atoms with van der Waals surface area (Å²) in [7, 11) is -1.27. The van der Waals surface area contributed by atoms with E-state index in [1.165, 1.54) is 0 Å². The topological polar surface area (TPSA) is 68.9 Å². The van der Waals surface area contributed by atoms with Crippen LogP contribution in [0.3, 0.4) is 0 Å². The predicted molar refractivity (Wildman–Crippen MR) is 68.0 cm³/mol. The summed E-state index contributed by atoms with van der Waals surface area (Å²) in [6.07, 6.45) is 3.23. The van der Waals surface area contributed by atoms with Crippen molar-refractivity contribution in [1.29, 1.82) is 0 Å². The molecule has 2 aromatic rings. The lowest BCUT2D eigenvalue weighted by atomic mass is 10.3. The molecular weight excluding hydrogens is 258 g/mol. The molecule has 1 aromatic heterocycles. The highest BCUT2D eigenvalue weighted by molar-refractivity contribution is 7.84. The lowest BCUT2D eigenvalue weighted by Gasteiger charge is -2.04. The largest absolute Gasteiger partial charge is 0.399 e. The van der Waals surface area contributed by atoms with Gasteiger partial charge in [0.2, 0.25) is 0 Å². The predicted octanol–water partition coefficient (Wildman–Crippen LogP) is 2.02. The first-order valence-corrected chi connectivity index (χ1v) is 6.56. The fourth-order valence-corrected chi connectivity index (χ4v) is 2.78. The number of anilines is 1. The summed E-state index contributed by atoms with van der Waals surface area (Å²) in [5, 5.41) is 0.402. The van der Waals surface area contributed by atoms with Gasteiger partial charge < -0.3 is 5.73 Å². The van der Waals surface area contributed by atoms with E-state index in [2.05, 4.69) is 9.97 Å². The van der Waals surface area contributed by atoms with Crippen LogP contribution in [0.5, 0.6) is 0 Å². The molecule has 2 rings (SSSR count). The number of hydrogen-bond acceptors (Lipinski definition) is 4. The zero-order chi connectivity index (χ0) is 12.3. The molecule has 0 saturated heterocycles. The van der Waals surface area contributed by atoms with Gasteiger partial charge in [0.15, 0.2) is 0 Å². The molecule has 1 unspecified atom stereocenters. The summed E-state index contributed by atoms with van der Waals surface area (Å²) in [4.78, 5) is 8.59. The lowest BCUT2D eigenvalue weighted by molar-refractivity contribution is 0.681. The first kappa shape index (κ1) is 12.0. The SMILES string of the molecule is Nc1ccc(S(=O)Cc2ncccn2)c(Cl)c1. The average molecular weight is 268 g/mol. The number of nitrogens with two attached hydrogens (primary N) is 1. The van der Waals surface area contributed by atoms with Gasteiger partial charge in [-0.05, 0) is 24.3 Å². The lowest BCUT2D eigenvalue weighted by Crippen LogP contribution is -2.01. The second-order valence-electron chi connectivity index (χ2n) is 3.34. The highest BCUT2D eigenvalue weighted by Gasteiger charge is 2.10. The van der Waals surface area contributed by atoms with Crippen LogP contribution in [-0.2, 0) is 16.6 Å². The first-order chi connectivity index (χ1) is 8.16. The highest BCUT2D eigenvalue weighted by atomic mass is 35.5. The molecule has 0 spiro atoms. The van der Waals surface area contributed by atoms with E-state index >= 15 is 0 Å². The van der Waals surface area contributed by atoms with Crippen molar-refractivity contribution in [3.63, 3.8) is 0 Å². The molecule has 4 nitrogen and oxygen atoms in total. The van der Waals surface area contributed by atoms with E-state index in [-0.39, 0.29) is 5.75 Å². The van der Waals surface area contributed by atoms with Gasteiger partial charge in [0.25, 0.3) is 0 Å². The van der Waals surface area contributed by atoms with Crippen molar-refractivity contribution in [3.05, 3.63) is 47.5 Å². The van der Waals surface area contributed by atoms with Gasteiger partial charge in [0.1, 0.15) is 5.82 Å². The summed E-state index contributed by atoms with van der Waals surface area (Å²) in [6.45, 7) is 0. The molecule has 0 aliphatic rings. The van der Waals surface area contributed by atoms with Crippen LogP contribution in [0, 0.1) is 0 Å². The summed E-state index contributed by atoms with van der Waals surface area (Å²) >= 11 is 5.98. The minimum Gasteiger partial charge on any atom is -0.399 e. The summed E-state index contributed by atoms with van der Waals surface area (Å²) in [5.74, 6) is 0.767. The van der Waals surface area contributed by atoms with Crippen molar-refractivity contribution in [2.75, 3.05) is 5.73 Å². The second-order valence-corrected chi connectivity index (χ2v) is 5.17. The van der Waals surface area contributed by atoms with Crippen molar-refractivity contribution in [1.82, 2.24) is 9.97 Å². The normalized spacial score (nSPS) is 12.3. The average Bonchev–Trinajstić information content (AvgIpc) is 2.30. The van der Waals surface area contributed by atoms with Gasteiger partial charge in [-0.1, -0.05) is 11.6 Å². The molecule has 1 heterocycles. The van der Waals surface area contributed by atoms with E-state index in [1.54, 1.807) is 36.7 Å². The van der Waals surface area contributed by atoms with Crippen LogP contribution in [-0.4, -0.2) is 14.2 Å². The zero-order valence-electron chi connectivity index (χ0n) is 8.84. The number of rotatable bonds is 3. The molecule has 0 saturated carbocycles. The van der Waals surface area contributed by atoms with Gasteiger partial charge in [0.05, 0.1) is 26.5 Å². The maximum absolute atomic E-state index is 12.1. The Balaban J connectivity index is 2.21. The van der Waals surface area contributed by atoms with Gasteiger partial charge in [0, 0.05) is 18.1 Å². The molecular formula is C11H10ClN3OS. The number of hydrogen-bond donors (Lipinski definition) is 1. The Kier molecular flexibility index (Phi) is 3.71. The fourth-order valence-electron chi connectivity index (χ4n) is 1.30. The number of nitrogen functional groups attached to an aromatic ring is 1. The van der Waals surface area contributed by atoms with Crippen molar-refractivity contribution < 1.29 is 4.21 Å². The third-order valence-corrected chi connectivity index (χ3v) is 3.87. The third-order valence-electron chi connectivity index (χ3n) is 2.08. The van der Waals surface area contributed by atoms with Gasteiger partial charge in [-0.2, -0.15) is 0 Å². The monoisotopic (exact) mass is 267 g/mol. The van der Waals surface area contributed by atoms with Crippen molar-refractivity contribution in [2.45, 2.75) is 10.6 Å². The molecule has 0 bridgehead atoms. The highest BCUT2D eigenvalue weighted by Crippen LogP contribution is 2.23. The van der Waals surface area contributed by atoms with Gasteiger partial charge >= 0.3 is 0 Å². The summed E-state index contributed by atoms with van der Waals surface area (Å²) < 4.78 is 12.1. The van der Waals surface area contributed by atoms with Gasteiger partial charge in [-0.15, -0.1) is 0 Å². The maximum atomic E-state index is 12.1. The molecule has 0 aliphatic heterocycles. The summed E-state index contributed by atoms with van der Waals surface area (Å²) in [5.41, 5.74) is 6.12. The van der Waals surface area contributed by atoms with Crippen LogP contribution in [0.4, 0.5) is 5.69 Å². The Morgan fingerprint density at radius 1 is 1.29 bits per heavy atom. The maximum Gasteiger partial charge on any atom is 0.141 e. The molecule has 88 valence electrons. The Morgan fingerprint density at radius 2 is 2.00 bits per heavy atom. The summed E-state index contributed by atoms with van der Waals surface area (Å²) in [6, 6.07) is 6.63. The molecule has 0 amide bonds. The van der Waals surface area contributed by atoms with Crippen molar-refractivity contribution in [2.24, 2.45) is 0 Å². The minimum atomic E-state index is -1.27. The third kappa shape index (κ3) is 3.01. The quantitative estimate of drug-likeness (QED) is 0.864. The van der Waals surface area contributed by atoms with E-state index in [1.807, 2.05) is 0 Å². The van der Waals surface area contributed by atoms with E-state index in [0.29, 0.717) is 21.4 Å². The van der Waals surface area contributed by atoms with Crippen LogP contribution in [0.1, 0.15) is 5.82 Å². The van der Waals surface area contributed by atoms with Crippen molar-refractivity contribution in [3.8, 4) is 0 Å². The van der Waals surface area contributed by atoms with Gasteiger partial charge in [-0.25, -0.2) is 9.97 Å². The van der Waals surface area contributed by atoms with E-state index in [9.17, 15) is 4.21 Å². The van der Waals surface area contributed by atoms with Crippen LogP contribution in [0.2, 0.25) is 5.02 Å². The van der Waals surface area contributed by atoms with Gasteiger partial charge in [-0.3, -0.25) is 4.21 Å². The standard InChI is InChI=1S/C11H10ClN3OS/c12-9-6-8(13)2-3-10(9)17(16)7-11-14-4-1-5-15-11/h1-6H,7,13H2. The fraction of sp³-hybridized carbons (Fsp3) is 0.0909. The molecule has 0 aliphatic carbocycles. The number of nitrogens with zero attached hydrogens (tertiary/aromatic N) is 2. The molecule has 1 aromatic carbocycles. The van der Waals surface area contributed by atoms with E-state index < -0.39 is 10.8 Å². The van der Waals surface area contributed by atoms with Crippen molar-refractivity contribution >= 4 is 28.1 Å². The Morgan fingerprint density at radius 3 is 2.65 bits per heavy atom. The number of aromatic nitrogens is 2. The molecule has 6 heteroatoms. The first-order valence-electron chi connectivity index (χ1n) is 4.86. The molecule has 0 fully saturated rings. The van der Waals surface area contributed by atoms with E-state index in [4.69, 9.17) is 17.3 Å². The molecule has 0 radical (unpaired) electrons. The zero-order valence-corrected chi connectivity index (χ0v) is 10.4. The smallest absolute Gasteiger partial charge is 0.141 e. The number of benzene rings is 1. The van der Waals surface area contributed by atoms with Crippen LogP contribution < -0.4 is 5.73 Å². The Bertz CT molecular complexity index is 548. The Labute approximate surface area is 106 Å². The second kappa shape index (κ2) is 5.25. The number of halogens is 1. The Hall–Kier alpha value is -1.46. The van der Waals surface area contributed by atoms with Crippen LogP contribution in [0.25, 0.3) is 0 Å². The molecule has 17 heavy (non-hydrogen) atoms. The van der Waals surface area contributed by atoms with Crippen LogP contribution in [0.15, 0.2) is 41.6 Å². The van der Waals surface area contributed by atoms with E-state index in [0.717, 1.165) is 0 Å². The minimum absolute atomic E-state index is 0.241.